The molecule has 5 nitrogen and oxygen atoms in total. The average Bonchev–Trinajstić information content (AvgIpc) is 3.97. The number of rotatable bonds is 8. The quantitative estimate of drug-likeness (QED) is 0.153. The Hall–Kier alpha value is -9.19. The molecule has 0 aliphatic carbocycles. The first-order valence-electron chi connectivity index (χ1n) is 23.3. The molecule has 0 bridgehead atoms. The Kier molecular flexibility index (Phi) is 9.65. The van der Waals surface area contributed by atoms with Gasteiger partial charge in [0.1, 0.15) is 11.2 Å². The molecule has 0 aliphatic heterocycles. The molecule has 13 rings (SSSR count). The Bertz CT molecular complexity index is 4020. The summed E-state index contributed by atoms with van der Waals surface area (Å²) in [5, 5.41) is 4.72. The van der Waals surface area contributed by atoms with Crippen molar-refractivity contribution in [3.8, 4) is 84.4 Å². The molecule has 5 heteroatoms. The molecule has 0 saturated carbocycles. The summed E-state index contributed by atoms with van der Waals surface area (Å²) < 4.78 is 9.07. The van der Waals surface area contributed by atoms with Crippen LogP contribution in [0.4, 0.5) is 0 Å². The smallest absolute Gasteiger partial charge is 0.164 e. The molecule has 0 radical (unpaired) electrons. The summed E-state index contributed by atoms with van der Waals surface area (Å²) in [6.45, 7) is 2.16. The van der Waals surface area contributed by atoms with Crippen LogP contribution in [0.5, 0.6) is 0 Å². The Morgan fingerprint density at radius 2 is 0.841 bits per heavy atom. The van der Waals surface area contributed by atoms with E-state index in [0.717, 1.165) is 88.8 Å². The van der Waals surface area contributed by atoms with Crippen LogP contribution in [0.15, 0.2) is 241 Å². The van der Waals surface area contributed by atoms with Gasteiger partial charge in [-0.1, -0.05) is 181 Å². The van der Waals surface area contributed by atoms with Crippen LogP contribution in [0.1, 0.15) is 5.56 Å². The zero-order chi connectivity index (χ0) is 45.8. The fourth-order valence-corrected chi connectivity index (χ4v) is 9.89. The van der Waals surface area contributed by atoms with Crippen LogP contribution in [0, 0.1) is 6.92 Å². The summed E-state index contributed by atoms with van der Waals surface area (Å²) in [5.74, 6) is 1.90. The van der Waals surface area contributed by atoms with Gasteiger partial charge in [-0.05, 0) is 107 Å². The lowest BCUT2D eigenvalue weighted by Gasteiger charge is -2.12. The number of benzene rings is 10. The molecule has 0 N–H and O–H groups in total. The van der Waals surface area contributed by atoms with E-state index >= 15 is 0 Å². The van der Waals surface area contributed by atoms with Gasteiger partial charge >= 0.3 is 0 Å². The average molecular weight is 883 g/mol. The predicted molar refractivity (Wildman–Crippen MR) is 284 cm³/mol. The van der Waals surface area contributed by atoms with Crippen molar-refractivity contribution in [1.29, 1.82) is 0 Å². The number of hydrogen-bond donors (Lipinski definition) is 0. The van der Waals surface area contributed by atoms with Crippen LogP contribution in [-0.2, 0) is 0 Å². The van der Waals surface area contributed by atoms with Gasteiger partial charge < -0.3 is 8.98 Å². The summed E-state index contributed by atoms with van der Waals surface area (Å²) in [7, 11) is 0. The number of nitrogens with zero attached hydrogens (tertiary/aromatic N) is 4. The Morgan fingerprint density at radius 3 is 1.57 bits per heavy atom. The van der Waals surface area contributed by atoms with Gasteiger partial charge in [0.25, 0.3) is 0 Å². The first-order chi connectivity index (χ1) is 34.1. The van der Waals surface area contributed by atoms with Gasteiger partial charge in [-0.2, -0.15) is 0 Å². The van der Waals surface area contributed by atoms with E-state index < -0.39 is 0 Å². The molecule has 0 saturated heterocycles. The largest absolute Gasteiger partial charge is 0.455 e. The fourth-order valence-electron chi connectivity index (χ4n) is 9.89. The number of fused-ring (bicyclic) bond motifs is 6. The summed E-state index contributed by atoms with van der Waals surface area (Å²) in [6, 6.07) is 83.6. The van der Waals surface area contributed by atoms with Gasteiger partial charge in [-0.25, -0.2) is 15.0 Å². The van der Waals surface area contributed by atoms with Crippen LogP contribution in [0.3, 0.4) is 0 Å². The van der Waals surface area contributed by atoms with Crippen molar-refractivity contribution in [2.24, 2.45) is 0 Å². The van der Waals surface area contributed by atoms with E-state index in [1.165, 1.54) is 27.4 Å². The topological polar surface area (TPSA) is 56.7 Å². The lowest BCUT2D eigenvalue weighted by molar-refractivity contribution is 0.670. The van der Waals surface area contributed by atoms with Crippen LogP contribution in [-0.4, -0.2) is 19.5 Å². The third-order valence-corrected chi connectivity index (χ3v) is 13.3. The summed E-state index contributed by atoms with van der Waals surface area (Å²) in [6.07, 6.45) is 0. The second-order valence-corrected chi connectivity index (χ2v) is 17.7. The van der Waals surface area contributed by atoms with E-state index in [1.54, 1.807) is 0 Å². The molecule has 3 aromatic heterocycles. The number of hydrogen-bond acceptors (Lipinski definition) is 4. The molecule has 10 aromatic carbocycles. The minimum absolute atomic E-state index is 0.625. The molecule has 0 atom stereocenters. The van der Waals surface area contributed by atoms with Crippen molar-refractivity contribution in [2.75, 3.05) is 0 Å². The second kappa shape index (κ2) is 16.6. The van der Waals surface area contributed by atoms with Crippen LogP contribution in [0.2, 0.25) is 0 Å². The van der Waals surface area contributed by atoms with Crippen LogP contribution < -0.4 is 0 Å². The maximum Gasteiger partial charge on any atom is 0.164 e. The highest BCUT2D eigenvalue weighted by Gasteiger charge is 2.18. The summed E-state index contributed by atoms with van der Waals surface area (Å²) in [4.78, 5) is 14.9. The SMILES string of the molecule is Cc1ccc2c(c1)c1ccccc1n2-c1cccc(-c2cccc(-c3cc(-c4ccc(-c5cccc(-c6nc(-c7ccccc7)nc(-c7ccccc7)n6)c5)cc4)c4oc5ccccc5c4c3)c2)c1. The van der Waals surface area contributed by atoms with Crippen LogP contribution >= 0.6 is 0 Å². The Balaban J connectivity index is 0.871. The molecule has 69 heavy (non-hydrogen) atoms. The second-order valence-electron chi connectivity index (χ2n) is 17.7. The molecule has 3 heterocycles. The van der Waals surface area contributed by atoms with E-state index in [9.17, 15) is 0 Å². The van der Waals surface area contributed by atoms with Gasteiger partial charge in [0, 0.05) is 49.5 Å². The number of aromatic nitrogens is 4. The summed E-state index contributed by atoms with van der Waals surface area (Å²) in [5.41, 5.74) is 18.2. The maximum atomic E-state index is 6.68. The van der Waals surface area contributed by atoms with E-state index in [4.69, 9.17) is 19.4 Å². The standard InChI is InChI=1S/C64H42N4O/c1-41-29-34-59-56(35-41)53-25-8-10-27-58(53)68(59)52-24-14-22-49(38-52)47-20-12-21-48(36-47)51-39-55(61-57(40-51)54-26-9-11-28-60(54)69-61)43-32-30-42(31-33-43)46-19-13-23-50(37-46)64-66-62(44-15-4-2-5-16-44)65-63(67-64)45-17-6-3-7-18-45/h2-40H,1H3. The molecular weight excluding hydrogens is 841 g/mol. The minimum Gasteiger partial charge on any atom is -0.455 e. The molecule has 0 unspecified atom stereocenters. The Labute approximate surface area is 399 Å². The zero-order valence-electron chi connectivity index (χ0n) is 37.7. The highest BCUT2D eigenvalue weighted by Crippen LogP contribution is 2.41. The Morgan fingerprint density at radius 1 is 0.319 bits per heavy atom. The van der Waals surface area contributed by atoms with Crippen molar-refractivity contribution in [3.05, 3.63) is 242 Å². The molecule has 324 valence electrons. The molecular formula is C64H42N4O. The number of furan rings is 1. The highest BCUT2D eigenvalue weighted by atomic mass is 16.3. The first-order valence-corrected chi connectivity index (χ1v) is 23.3. The lowest BCUT2D eigenvalue weighted by Crippen LogP contribution is -2.00. The van der Waals surface area contributed by atoms with E-state index in [1.807, 2.05) is 66.7 Å². The zero-order valence-corrected chi connectivity index (χ0v) is 37.7. The van der Waals surface area contributed by atoms with Crippen molar-refractivity contribution in [1.82, 2.24) is 19.5 Å². The lowest BCUT2D eigenvalue weighted by atomic mass is 9.93. The third kappa shape index (κ3) is 7.25. The van der Waals surface area contributed by atoms with Crippen LogP contribution in [0.25, 0.3) is 128 Å². The van der Waals surface area contributed by atoms with Gasteiger partial charge in [0.05, 0.1) is 11.0 Å². The van der Waals surface area contributed by atoms with Gasteiger partial charge in [-0.15, -0.1) is 0 Å². The van der Waals surface area contributed by atoms with E-state index in [2.05, 4.69) is 181 Å². The molecule has 0 spiro atoms. The number of aryl methyl sites for hydroxylation is 1. The van der Waals surface area contributed by atoms with Gasteiger partial charge in [0.15, 0.2) is 17.5 Å². The molecule has 0 fully saturated rings. The number of para-hydroxylation sites is 2. The normalized spacial score (nSPS) is 11.6. The third-order valence-electron chi connectivity index (χ3n) is 13.3. The van der Waals surface area contributed by atoms with Gasteiger partial charge in [-0.3, -0.25) is 0 Å². The minimum atomic E-state index is 0.625. The van der Waals surface area contributed by atoms with E-state index in [0.29, 0.717) is 17.5 Å². The predicted octanol–water partition coefficient (Wildman–Crippen LogP) is 16.8. The van der Waals surface area contributed by atoms with Crippen molar-refractivity contribution < 1.29 is 4.42 Å². The fraction of sp³-hybridized carbons (Fsp3) is 0.0156. The van der Waals surface area contributed by atoms with Crippen molar-refractivity contribution in [2.45, 2.75) is 6.92 Å². The first kappa shape index (κ1) is 40.1. The van der Waals surface area contributed by atoms with Gasteiger partial charge in [0.2, 0.25) is 0 Å². The monoisotopic (exact) mass is 882 g/mol. The summed E-state index contributed by atoms with van der Waals surface area (Å²) >= 11 is 0. The van der Waals surface area contributed by atoms with Crippen molar-refractivity contribution in [3.63, 3.8) is 0 Å². The molecule has 0 aliphatic rings. The maximum absolute atomic E-state index is 6.68. The van der Waals surface area contributed by atoms with Crippen molar-refractivity contribution >= 4 is 43.7 Å². The molecule has 0 amide bonds. The highest BCUT2D eigenvalue weighted by molar-refractivity contribution is 6.12. The van der Waals surface area contributed by atoms with E-state index in [-0.39, 0.29) is 0 Å². The molecule has 13 aromatic rings.